The Morgan fingerprint density at radius 2 is 0.926 bits per heavy atom. The quantitative estimate of drug-likeness (QED) is 0.169. The molecule has 5 heteroatoms. The normalized spacial score (nSPS) is 11.7. The molecular weight excluding hydrogens is 659 g/mol. The van der Waals surface area contributed by atoms with Gasteiger partial charge in [-0.25, -0.2) is 19.9 Å². The molecule has 3 aromatic heterocycles. The smallest absolute Gasteiger partial charge is 0.164 e. The maximum Gasteiger partial charge on any atom is 0.164 e. The Balaban J connectivity index is 1.24. The summed E-state index contributed by atoms with van der Waals surface area (Å²) in [6, 6.07) is 57.2. The molecule has 8 aromatic carbocycles. The topological polar surface area (TPSA) is 64.5 Å². The largest absolute Gasteiger partial charge is 0.264 e. The highest BCUT2D eigenvalue weighted by atomic mass is 15.0. The lowest BCUT2D eigenvalue weighted by atomic mass is 9.87. The lowest BCUT2D eigenvalue weighted by Crippen LogP contribution is -2.01. The monoisotopic (exact) mass is 687 g/mol. The molecule has 0 aliphatic heterocycles. The van der Waals surface area contributed by atoms with E-state index in [-0.39, 0.29) is 0 Å². The average Bonchev–Trinajstić information content (AvgIpc) is 3.25. The van der Waals surface area contributed by atoms with Crippen LogP contribution in [-0.4, -0.2) is 24.9 Å². The van der Waals surface area contributed by atoms with Gasteiger partial charge in [0.1, 0.15) is 0 Å². The maximum absolute atomic E-state index is 5.32. The van der Waals surface area contributed by atoms with Crippen LogP contribution < -0.4 is 0 Å². The van der Waals surface area contributed by atoms with Gasteiger partial charge < -0.3 is 0 Å². The highest BCUT2D eigenvalue weighted by Gasteiger charge is 2.19. The number of hydrogen-bond acceptors (Lipinski definition) is 5. The van der Waals surface area contributed by atoms with Crippen molar-refractivity contribution in [1.82, 2.24) is 24.9 Å². The second-order valence-electron chi connectivity index (χ2n) is 13.7. The molecule has 0 saturated carbocycles. The fourth-order valence-corrected chi connectivity index (χ4v) is 8.01. The highest BCUT2D eigenvalue weighted by molar-refractivity contribution is 6.26. The Hall–Kier alpha value is -7.37. The number of rotatable bonds is 5. The minimum absolute atomic E-state index is 0.589. The molecule has 3 heterocycles. The summed E-state index contributed by atoms with van der Waals surface area (Å²) in [7, 11) is 0. The molecule has 0 spiro atoms. The van der Waals surface area contributed by atoms with Gasteiger partial charge in [-0.3, -0.25) is 4.98 Å². The molecular formula is C49H29N5. The van der Waals surface area contributed by atoms with Crippen LogP contribution >= 0.6 is 0 Å². The van der Waals surface area contributed by atoms with Crippen LogP contribution in [0.2, 0.25) is 0 Å². The van der Waals surface area contributed by atoms with Gasteiger partial charge in [-0.05, 0) is 85.2 Å². The van der Waals surface area contributed by atoms with Gasteiger partial charge in [0.15, 0.2) is 17.5 Å². The molecule has 0 unspecified atom stereocenters. The molecule has 0 bridgehead atoms. The fourth-order valence-electron chi connectivity index (χ4n) is 8.01. The lowest BCUT2D eigenvalue weighted by molar-refractivity contribution is 1.07. The molecule has 0 atom stereocenters. The summed E-state index contributed by atoms with van der Waals surface area (Å²) in [4.78, 5) is 25.2. The minimum atomic E-state index is 0.589. The molecule has 0 saturated heterocycles. The summed E-state index contributed by atoms with van der Waals surface area (Å²) in [6.07, 6.45) is 3.78. The maximum atomic E-state index is 5.32. The van der Waals surface area contributed by atoms with Crippen LogP contribution in [0.15, 0.2) is 176 Å². The average molecular weight is 688 g/mol. The molecule has 0 radical (unpaired) electrons. The van der Waals surface area contributed by atoms with Crippen LogP contribution in [0.5, 0.6) is 0 Å². The summed E-state index contributed by atoms with van der Waals surface area (Å²) in [6.45, 7) is 0. The van der Waals surface area contributed by atoms with E-state index in [1.165, 1.54) is 32.3 Å². The van der Waals surface area contributed by atoms with E-state index >= 15 is 0 Å². The minimum Gasteiger partial charge on any atom is -0.264 e. The van der Waals surface area contributed by atoms with Crippen LogP contribution in [-0.2, 0) is 0 Å². The zero-order chi connectivity index (χ0) is 35.6. The van der Waals surface area contributed by atoms with Gasteiger partial charge in [-0.15, -0.1) is 0 Å². The van der Waals surface area contributed by atoms with E-state index < -0.39 is 0 Å². The fraction of sp³-hybridized carbons (Fsp3) is 0. The first-order valence-corrected chi connectivity index (χ1v) is 18.1. The van der Waals surface area contributed by atoms with Crippen molar-refractivity contribution in [2.75, 3.05) is 0 Å². The van der Waals surface area contributed by atoms with Crippen LogP contribution in [0.1, 0.15) is 0 Å². The second-order valence-corrected chi connectivity index (χ2v) is 13.7. The third-order valence-corrected chi connectivity index (χ3v) is 10.5. The van der Waals surface area contributed by atoms with E-state index in [4.69, 9.17) is 19.9 Å². The van der Waals surface area contributed by atoms with Crippen molar-refractivity contribution in [3.8, 4) is 56.5 Å². The van der Waals surface area contributed by atoms with Gasteiger partial charge in [0.2, 0.25) is 0 Å². The molecule has 0 aliphatic carbocycles. The molecule has 0 N–H and O–H groups in total. The van der Waals surface area contributed by atoms with Crippen LogP contribution in [0, 0.1) is 0 Å². The molecule has 11 rings (SSSR count). The van der Waals surface area contributed by atoms with Crippen molar-refractivity contribution in [1.29, 1.82) is 0 Å². The first-order chi connectivity index (χ1) is 26.7. The number of aromatic nitrogens is 5. The van der Waals surface area contributed by atoms with Crippen molar-refractivity contribution in [3.63, 3.8) is 0 Å². The van der Waals surface area contributed by atoms with Crippen LogP contribution in [0.3, 0.4) is 0 Å². The van der Waals surface area contributed by atoms with Crippen molar-refractivity contribution in [2.45, 2.75) is 0 Å². The molecule has 5 nitrogen and oxygen atoms in total. The van der Waals surface area contributed by atoms with Gasteiger partial charge in [-0.1, -0.05) is 127 Å². The Labute approximate surface area is 310 Å². The van der Waals surface area contributed by atoms with Crippen molar-refractivity contribution >= 4 is 54.0 Å². The molecule has 11 aromatic rings. The van der Waals surface area contributed by atoms with E-state index in [1.807, 2.05) is 79.1 Å². The van der Waals surface area contributed by atoms with E-state index in [9.17, 15) is 0 Å². The first-order valence-electron chi connectivity index (χ1n) is 18.1. The summed E-state index contributed by atoms with van der Waals surface area (Å²) >= 11 is 0. The summed E-state index contributed by atoms with van der Waals surface area (Å²) in [5.41, 5.74) is 7.66. The summed E-state index contributed by atoms with van der Waals surface area (Å²) in [5.74, 6) is 1.82. The summed E-state index contributed by atoms with van der Waals surface area (Å²) < 4.78 is 0. The van der Waals surface area contributed by atoms with Crippen molar-refractivity contribution in [3.05, 3.63) is 176 Å². The molecule has 0 amide bonds. The number of pyridine rings is 2. The molecule has 54 heavy (non-hydrogen) atoms. The second kappa shape index (κ2) is 12.1. The number of para-hydroxylation sites is 1. The van der Waals surface area contributed by atoms with Crippen LogP contribution in [0.4, 0.5) is 0 Å². The zero-order valence-electron chi connectivity index (χ0n) is 29.0. The van der Waals surface area contributed by atoms with Crippen LogP contribution in [0.25, 0.3) is 111 Å². The van der Waals surface area contributed by atoms with Gasteiger partial charge in [0.25, 0.3) is 0 Å². The molecule has 250 valence electrons. The van der Waals surface area contributed by atoms with E-state index in [1.54, 1.807) is 0 Å². The predicted octanol–water partition coefficient (Wildman–Crippen LogP) is 12.2. The number of nitrogens with zero attached hydrogens (tertiary/aromatic N) is 5. The Morgan fingerprint density at radius 1 is 0.333 bits per heavy atom. The lowest BCUT2D eigenvalue weighted by Gasteiger charge is -2.17. The van der Waals surface area contributed by atoms with E-state index in [0.29, 0.717) is 17.5 Å². The van der Waals surface area contributed by atoms with Gasteiger partial charge in [0.05, 0.1) is 11.2 Å². The standard InChI is InChI=1S/C49H29N5/c1-3-11-32(12-4-1)47-52-48(33-13-5-2-6-14-33)54-49(53-47)37-26-35(41-28-34-17-9-15-30-21-22-31-16-10-19-40(41)45(31)44(30)34)25-36(27-37)46-42-29-50-24-23-38(42)39-18-7-8-20-43(39)51-46/h1-29H. The third kappa shape index (κ3) is 4.90. The predicted molar refractivity (Wildman–Crippen MR) is 221 cm³/mol. The first kappa shape index (κ1) is 30.3. The number of benzene rings is 8. The molecule has 0 aliphatic rings. The van der Waals surface area contributed by atoms with Gasteiger partial charge in [0, 0.05) is 45.4 Å². The summed E-state index contributed by atoms with van der Waals surface area (Å²) in [5, 5.41) is 10.6. The Bertz CT molecular complexity index is 3160. The Morgan fingerprint density at radius 3 is 1.69 bits per heavy atom. The van der Waals surface area contributed by atoms with Gasteiger partial charge in [-0.2, -0.15) is 0 Å². The van der Waals surface area contributed by atoms with Gasteiger partial charge >= 0.3 is 0 Å². The SMILES string of the molecule is c1ccc(-c2nc(-c3ccccc3)nc(-c3cc(-c4nc5ccccc5c5ccncc45)cc(-c4cc5cccc6ccc7cccc4c7c65)c3)n2)cc1. The van der Waals surface area contributed by atoms with Crippen molar-refractivity contribution in [2.24, 2.45) is 0 Å². The third-order valence-electron chi connectivity index (χ3n) is 10.5. The number of hydrogen-bond donors (Lipinski definition) is 0. The van der Waals surface area contributed by atoms with E-state index in [0.717, 1.165) is 60.8 Å². The molecule has 0 fully saturated rings. The highest BCUT2D eigenvalue weighted by Crippen LogP contribution is 2.43. The Kier molecular flexibility index (Phi) is 6.79. The zero-order valence-corrected chi connectivity index (χ0v) is 29.0. The van der Waals surface area contributed by atoms with E-state index in [2.05, 4.69) is 102 Å². The van der Waals surface area contributed by atoms with Crippen molar-refractivity contribution < 1.29 is 0 Å². The number of fused-ring (bicyclic) bond motifs is 3.